The molecule has 0 amide bonds. The molecule has 0 saturated heterocycles. The summed E-state index contributed by atoms with van der Waals surface area (Å²) in [6, 6.07) is 8.93. The number of phenolic OH excluding ortho intramolecular Hbond substituents is 1. The van der Waals surface area contributed by atoms with Crippen LogP contribution in [0, 0.1) is 0 Å². The molecule has 0 aliphatic rings. The highest BCUT2D eigenvalue weighted by molar-refractivity contribution is 7.09. The third-order valence-corrected chi connectivity index (χ3v) is 5.08. The minimum atomic E-state index is 0.0697. The Bertz CT molecular complexity index is 985. The van der Waals surface area contributed by atoms with Gasteiger partial charge in [0, 0.05) is 0 Å². The first-order valence-electron chi connectivity index (χ1n) is 8.29. The number of aromatic hydroxyl groups is 1. The highest BCUT2D eigenvalue weighted by Crippen LogP contribution is 2.50. The SMILES string of the molecule is COc1ccc(-c2cc(-c3cc(OC)c(OC)c(OC)c3OC)ns2)cc1O. The Kier molecular flexibility index (Phi) is 5.79. The van der Waals surface area contributed by atoms with Crippen LogP contribution >= 0.6 is 11.5 Å². The molecule has 3 aromatic rings. The van der Waals surface area contributed by atoms with Crippen molar-refractivity contribution in [2.24, 2.45) is 0 Å². The molecule has 1 heterocycles. The van der Waals surface area contributed by atoms with Crippen LogP contribution in [-0.4, -0.2) is 45.0 Å². The van der Waals surface area contributed by atoms with Gasteiger partial charge in [0.05, 0.1) is 51.7 Å². The van der Waals surface area contributed by atoms with Gasteiger partial charge in [-0.3, -0.25) is 0 Å². The zero-order valence-electron chi connectivity index (χ0n) is 16.2. The summed E-state index contributed by atoms with van der Waals surface area (Å²) in [5.74, 6) is 2.36. The molecular weight excluding hydrogens is 382 g/mol. The molecule has 0 saturated carbocycles. The Labute approximate surface area is 167 Å². The lowest BCUT2D eigenvalue weighted by Crippen LogP contribution is -1.99. The number of methoxy groups -OCH3 is 5. The quantitative estimate of drug-likeness (QED) is 0.632. The van der Waals surface area contributed by atoms with Gasteiger partial charge in [-0.15, -0.1) is 0 Å². The van der Waals surface area contributed by atoms with Crippen molar-refractivity contribution in [1.29, 1.82) is 0 Å². The number of hydrogen-bond donors (Lipinski definition) is 1. The fourth-order valence-corrected chi connectivity index (χ4v) is 3.65. The molecule has 8 heteroatoms. The number of ether oxygens (including phenoxy) is 5. The van der Waals surface area contributed by atoms with E-state index in [2.05, 4.69) is 4.37 Å². The number of benzene rings is 2. The van der Waals surface area contributed by atoms with Crippen LogP contribution in [0.5, 0.6) is 34.5 Å². The lowest BCUT2D eigenvalue weighted by Gasteiger charge is -2.17. The maximum absolute atomic E-state index is 10.0. The first kappa shape index (κ1) is 19.6. The lowest BCUT2D eigenvalue weighted by molar-refractivity contribution is 0.306. The van der Waals surface area contributed by atoms with Crippen LogP contribution in [0.3, 0.4) is 0 Å². The summed E-state index contributed by atoms with van der Waals surface area (Å²) in [6.07, 6.45) is 0. The number of hydrogen-bond acceptors (Lipinski definition) is 8. The van der Waals surface area contributed by atoms with Crippen molar-refractivity contribution in [1.82, 2.24) is 4.37 Å². The van der Waals surface area contributed by atoms with Crippen LogP contribution in [0.4, 0.5) is 0 Å². The van der Waals surface area contributed by atoms with Crippen molar-refractivity contribution in [2.45, 2.75) is 0 Å². The molecule has 0 aliphatic heterocycles. The van der Waals surface area contributed by atoms with Gasteiger partial charge in [-0.25, -0.2) is 0 Å². The van der Waals surface area contributed by atoms with Gasteiger partial charge in [-0.05, 0) is 47.4 Å². The molecule has 3 rings (SSSR count). The third-order valence-electron chi connectivity index (χ3n) is 4.24. The van der Waals surface area contributed by atoms with Crippen molar-refractivity contribution >= 4 is 11.5 Å². The fraction of sp³-hybridized carbons (Fsp3) is 0.250. The lowest BCUT2D eigenvalue weighted by atomic mass is 10.1. The van der Waals surface area contributed by atoms with Crippen LogP contribution < -0.4 is 23.7 Å². The van der Waals surface area contributed by atoms with Crippen molar-refractivity contribution in [3.8, 4) is 56.2 Å². The summed E-state index contributed by atoms with van der Waals surface area (Å²) in [6.45, 7) is 0. The average Bonchev–Trinajstić information content (AvgIpc) is 3.21. The van der Waals surface area contributed by atoms with E-state index in [0.29, 0.717) is 40.0 Å². The Hall–Kier alpha value is -3.13. The Morgan fingerprint density at radius 3 is 2.00 bits per heavy atom. The topological polar surface area (TPSA) is 79.3 Å². The summed E-state index contributed by atoms with van der Waals surface area (Å²) in [7, 11) is 7.70. The minimum Gasteiger partial charge on any atom is -0.504 e. The van der Waals surface area contributed by atoms with E-state index in [1.54, 1.807) is 32.4 Å². The maximum Gasteiger partial charge on any atom is 0.207 e. The van der Waals surface area contributed by atoms with Crippen molar-refractivity contribution in [3.05, 3.63) is 30.3 Å². The summed E-state index contributed by atoms with van der Waals surface area (Å²) in [5.41, 5.74) is 2.22. The second-order valence-electron chi connectivity index (χ2n) is 5.69. The van der Waals surface area contributed by atoms with Crippen LogP contribution in [0.2, 0.25) is 0 Å². The van der Waals surface area contributed by atoms with E-state index in [-0.39, 0.29) is 5.75 Å². The summed E-state index contributed by atoms with van der Waals surface area (Å²) in [5, 5.41) is 10.0. The van der Waals surface area contributed by atoms with Crippen LogP contribution in [0.1, 0.15) is 0 Å². The molecule has 0 aliphatic carbocycles. The van der Waals surface area contributed by atoms with Gasteiger partial charge >= 0.3 is 0 Å². The van der Waals surface area contributed by atoms with E-state index < -0.39 is 0 Å². The Morgan fingerprint density at radius 1 is 0.750 bits per heavy atom. The van der Waals surface area contributed by atoms with Crippen LogP contribution in [-0.2, 0) is 0 Å². The van der Waals surface area contributed by atoms with E-state index in [0.717, 1.165) is 10.4 Å². The zero-order valence-corrected chi connectivity index (χ0v) is 17.0. The number of aromatic nitrogens is 1. The Morgan fingerprint density at radius 2 is 1.43 bits per heavy atom. The highest BCUT2D eigenvalue weighted by Gasteiger charge is 2.24. The van der Waals surface area contributed by atoms with Gasteiger partial charge in [0.1, 0.15) is 0 Å². The predicted octanol–water partition coefficient (Wildman–Crippen LogP) is 4.23. The van der Waals surface area contributed by atoms with Gasteiger partial charge in [0.2, 0.25) is 11.5 Å². The standard InChI is InChI=1S/C20H21NO6S/c1-23-15-7-6-11(8-14(15)22)17-10-13(21-28-17)12-9-16(24-2)19(26-4)20(27-5)18(12)25-3/h6-10,22H,1-5H3. The molecule has 7 nitrogen and oxygen atoms in total. The summed E-state index contributed by atoms with van der Waals surface area (Å²) >= 11 is 1.31. The van der Waals surface area contributed by atoms with E-state index in [1.807, 2.05) is 12.1 Å². The summed E-state index contributed by atoms with van der Waals surface area (Å²) < 4.78 is 31.6. The monoisotopic (exact) mass is 403 g/mol. The fourth-order valence-electron chi connectivity index (χ4n) is 2.90. The molecule has 0 unspecified atom stereocenters. The zero-order chi connectivity index (χ0) is 20.3. The molecule has 0 fully saturated rings. The minimum absolute atomic E-state index is 0.0697. The second-order valence-corrected chi connectivity index (χ2v) is 6.49. The summed E-state index contributed by atoms with van der Waals surface area (Å²) in [4.78, 5) is 0.878. The smallest absolute Gasteiger partial charge is 0.207 e. The van der Waals surface area contributed by atoms with E-state index in [9.17, 15) is 5.11 Å². The average molecular weight is 403 g/mol. The molecule has 0 spiro atoms. The number of nitrogens with zero attached hydrogens (tertiary/aromatic N) is 1. The molecule has 2 aromatic carbocycles. The van der Waals surface area contributed by atoms with Crippen LogP contribution in [0.25, 0.3) is 21.7 Å². The molecular formula is C20H21NO6S. The first-order chi connectivity index (χ1) is 13.6. The number of phenols is 1. The maximum atomic E-state index is 10.0. The van der Waals surface area contributed by atoms with E-state index in [1.165, 1.54) is 32.9 Å². The van der Waals surface area contributed by atoms with Gasteiger partial charge in [-0.1, -0.05) is 0 Å². The van der Waals surface area contributed by atoms with Gasteiger partial charge in [-0.2, -0.15) is 4.37 Å². The van der Waals surface area contributed by atoms with Crippen molar-refractivity contribution < 1.29 is 28.8 Å². The normalized spacial score (nSPS) is 10.5. The molecule has 148 valence electrons. The third kappa shape index (κ3) is 3.38. The van der Waals surface area contributed by atoms with E-state index in [4.69, 9.17) is 23.7 Å². The first-order valence-corrected chi connectivity index (χ1v) is 9.06. The van der Waals surface area contributed by atoms with E-state index >= 15 is 0 Å². The molecule has 0 radical (unpaired) electrons. The largest absolute Gasteiger partial charge is 0.504 e. The second kappa shape index (κ2) is 8.26. The molecule has 1 N–H and O–H groups in total. The molecule has 0 bridgehead atoms. The molecule has 1 aromatic heterocycles. The molecule has 0 atom stereocenters. The van der Waals surface area contributed by atoms with Gasteiger partial charge < -0.3 is 28.8 Å². The van der Waals surface area contributed by atoms with Crippen molar-refractivity contribution in [3.63, 3.8) is 0 Å². The number of rotatable bonds is 7. The van der Waals surface area contributed by atoms with Crippen molar-refractivity contribution in [2.75, 3.05) is 35.5 Å². The highest BCUT2D eigenvalue weighted by atomic mass is 32.1. The van der Waals surface area contributed by atoms with Gasteiger partial charge in [0.25, 0.3) is 0 Å². The Balaban J connectivity index is 2.11. The van der Waals surface area contributed by atoms with Crippen LogP contribution in [0.15, 0.2) is 30.3 Å². The van der Waals surface area contributed by atoms with Gasteiger partial charge in [0.15, 0.2) is 23.0 Å². The predicted molar refractivity (Wildman–Crippen MR) is 107 cm³/mol. The molecule has 28 heavy (non-hydrogen) atoms.